The van der Waals surface area contributed by atoms with Gasteiger partial charge in [-0.15, -0.1) is 0 Å². The highest BCUT2D eigenvalue weighted by Crippen LogP contribution is 2.18. The molecule has 0 radical (unpaired) electrons. The number of rotatable bonds is 4. The van der Waals surface area contributed by atoms with E-state index in [1.807, 2.05) is 50.0 Å². The van der Waals surface area contributed by atoms with E-state index in [2.05, 4.69) is 32.7 Å². The summed E-state index contributed by atoms with van der Waals surface area (Å²) >= 11 is 1.98. The maximum Gasteiger partial charge on any atom is 0.319 e. The van der Waals surface area contributed by atoms with Crippen LogP contribution < -0.4 is 15.5 Å². The molecule has 2 N–H and O–H groups in total. The molecule has 2 amide bonds. The minimum absolute atomic E-state index is 0.197. The van der Waals surface area contributed by atoms with Gasteiger partial charge in [-0.2, -0.15) is 11.8 Å². The lowest BCUT2D eigenvalue weighted by molar-refractivity contribution is 0.251. The molecule has 6 heteroatoms. The number of amides is 2. The molecule has 1 saturated heterocycles. The fraction of sp³-hybridized carbons (Fsp3) is 0.368. The first-order chi connectivity index (χ1) is 12.1. The molecule has 3 rings (SSSR count). The van der Waals surface area contributed by atoms with Crippen LogP contribution in [0.2, 0.25) is 0 Å². The van der Waals surface area contributed by atoms with Crippen LogP contribution in [0, 0.1) is 13.8 Å². The average molecular weight is 356 g/mol. The molecular formula is C19H24N4OS. The average Bonchev–Trinajstić information content (AvgIpc) is 2.60. The first kappa shape index (κ1) is 17.6. The summed E-state index contributed by atoms with van der Waals surface area (Å²) in [5.41, 5.74) is 4.14. The minimum Gasteiger partial charge on any atom is -0.355 e. The number of hydrogen-bond donors (Lipinski definition) is 2. The Morgan fingerprint density at radius 1 is 1.16 bits per heavy atom. The second kappa shape index (κ2) is 8.25. The van der Waals surface area contributed by atoms with Gasteiger partial charge in [-0.3, -0.25) is 0 Å². The molecule has 0 atom stereocenters. The largest absolute Gasteiger partial charge is 0.355 e. The van der Waals surface area contributed by atoms with Crippen LogP contribution >= 0.6 is 11.8 Å². The lowest BCUT2D eigenvalue weighted by Crippen LogP contribution is -2.33. The monoisotopic (exact) mass is 356 g/mol. The summed E-state index contributed by atoms with van der Waals surface area (Å²) < 4.78 is 0. The number of urea groups is 1. The van der Waals surface area contributed by atoms with Crippen molar-refractivity contribution in [2.24, 2.45) is 0 Å². The highest BCUT2D eigenvalue weighted by molar-refractivity contribution is 7.99. The molecule has 1 aliphatic rings. The molecule has 0 unspecified atom stereocenters. The predicted octanol–water partition coefficient (Wildman–Crippen LogP) is 3.57. The van der Waals surface area contributed by atoms with Gasteiger partial charge in [0.1, 0.15) is 5.82 Å². The van der Waals surface area contributed by atoms with Gasteiger partial charge in [-0.1, -0.05) is 6.07 Å². The van der Waals surface area contributed by atoms with Crippen molar-refractivity contribution in [3.8, 4) is 0 Å². The van der Waals surface area contributed by atoms with Gasteiger partial charge in [0, 0.05) is 43.0 Å². The predicted molar refractivity (Wildman–Crippen MR) is 106 cm³/mol. The van der Waals surface area contributed by atoms with E-state index in [0.717, 1.165) is 52.8 Å². The Balaban J connectivity index is 1.56. The van der Waals surface area contributed by atoms with E-state index >= 15 is 0 Å². The first-order valence-electron chi connectivity index (χ1n) is 8.51. The summed E-state index contributed by atoms with van der Waals surface area (Å²) in [4.78, 5) is 18.9. The quantitative estimate of drug-likeness (QED) is 0.879. The van der Waals surface area contributed by atoms with Crippen LogP contribution in [0.1, 0.15) is 16.7 Å². The summed E-state index contributed by atoms with van der Waals surface area (Å²) in [5, 5.41) is 5.81. The molecule has 2 heterocycles. The molecule has 1 aromatic carbocycles. The van der Waals surface area contributed by atoms with Crippen LogP contribution in [0.15, 0.2) is 36.5 Å². The minimum atomic E-state index is -0.197. The molecule has 25 heavy (non-hydrogen) atoms. The van der Waals surface area contributed by atoms with E-state index in [4.69, 9.17) is 0 Å². The van der Waals surface area contributed by atoms with Crippen LogP contribution in [0.5, 0.6) is 0 Å². The molecule has 0 spiro atoms. The van der Waals surface area contributed by atoms with Crippen molar-refractivity contribution >= 4 is 29.3 Å². The Bertz CT molecular complexity index is 724. The van der Waals surface area contributed by atoms with Gasteiger partial charge < -0.3 is 15.5 Å². The van der Waals surface area contributed by atoms with Crippen molar-refractivity contribution in [2.75, 3.05) is 34.8 Å². The lowest BCUT2D eigenvalue weighted by Gasteiger charge is -2.27. The summed E-state index contributed by atoms with van der Waals surface area (Å²) in [5.74, 6) is 3.28. The lowest BCUT2D eigenvalue weighted by atomic mass is 10.1. The Morgan fingerprint density at radius 3 is 2.60 bits per heavy atom. The maximum atomic E-state index is 12.1. The number of hydrogen-bond acceptors (Lipinski definition) is 4. The van der Waals surface area contributed by atoms with Crippen LogP contribution in [0.25, 0.3) is 0 Å². The van der Waals surface area contributed by atoms with Crippen molar-refractivity contribution in [1.82, 2.24) is 10.3 Å². The zero-order valence-electron chi connectivity index (χ0n) is 14.7. The van der Waals surface area contributed by atoms with E-state index in [1.165, 1.54) is 0 Å². The Hall–Kier alpha value is -2.21. The first-order valence-corrected chi connectivity index (χ1v) is 9.66. The fourth-order valence-corrected chi connectivity index (χ4v) is 3.84. The molecule has 0 aliphatic carbocycles. The summed E-state index contributed by atoms with van der Waals surface area (Å²) in [6, 6.07) is 9.82. The second-order valence-corrected chi connectivity index (χ2v) is 7.53. The third-order valence-electron chi connectivity index (χ3n) is 4.08. The topological polar surface area (TPSA) is 57.3 Å². The van der Waals surface area contributed by atoms with E-state index in [1.54, 1.807) is 0 Å². The van der Waals surface area contributed by atoms with Crippen molar-refractivity contribution in [2.45, 2.75) is 20.4 Å². The number of carbonyl (C=O) groups excluding carboxylic acids is 1. The Labute approximate surface area is 153 Å². The van der Waals surface area contributed by atoms with Crippen molar-refractivity contribution in [1.29, 1.82) is 0 Å². The SMILES string of the molecule is Cc1cc(C)cc(NC(=O)NCc2ccnc(N3CCSCC3)c2)c1. The fourth-order valence-electron chi connectivity index (χ4n) is 2.94. The van der Waals surface area contributed by atoms with E-state index in [-0.39, 0.29) is 6.03 Å². The van der Waals surface area contributed by atoms with Gasteiger partial charge in [0.2, 0.25) is 0 Å². The Kier molecular flexibility index (Phi) is 5.81. The van der Waals surface area contributed by atoms with Crippen LogP contribution in [-0.4, -0.2) is 35.6 Å². The number of nitrogens with one attached hydrogen (secondary N) is 2. The molecule has 1 aromatic heterocycles. The van der Waals surface area contributed by atoms with E-state index < -0.39 is 0 Å². The number of thioether (sulfide) groups is 1. The number of aryl methyl sites for hydroxylation is 2. The summed E-state index contributed by atoms with van der Waals surface area (Å²) in [6.07, 6.45) is 1.82. The number of pyridine rings is 1. The van der Waals surface area contributed by atoms with Crippen molar-refractivity contribution in [3.63, 3.8) is 0 Å². The highest BCUT2D eigenvalue weighted by Gasteiger charge is 2.12. The van der Waals surface area contributed by atoms with Crippen molar-refractivity contribution < 1.29 is 4.79 Å². The van der Waals surface area contributed by atoms with E-state index in [9.17, 15) is 4.79 Å². The van der Waals surface area contributed by atoms with Crippen LogP contribution in [0.3, 0.4) is 0 Å². The molecular weight excluding hydrogens is 332 g/mol. The number of benzene rings is 1. The van der Waals surface area contributed by atoms with Gasteiger partial charge in [0.25, 0.3) is 0 Å². The number of nitrogens with zero attached hydrogens (tertiary/aromatic N) is 2. The number of carbonyl (C=O) groups is 1. The molecule has 2 aromatic rings. The molecule has 5 nitrogen and oxygen atoms in total. The molecule has 1 aliphatic heterocycles. The zero-order chi connectivity index (χ0) is 17.6. The van der Waals surface area contributed by atoms with Gasteiger partial charge in [-0.05, 0) is 54.8 Å². The van der Waals surface area contributed by atoms with Crippen LogP contribution in [0.4, 0.5) is 16.3 Å². The smallest absolute Gasteiger partial charge is 0.319 e. The molecule has 132 valence electrons. The highest BCUT2D eigenvalue weighted by atomic mass is 32.2. The van der Waals surface area contributed by atoms with Crippen molar-refractivity contribution in [3.05, 3.63) is 53.2 Å². The van der Waals surface area contributed by atoms with E-state index in [0.29, 0.717) is 6.54 Å². The third-order valence-corrected chi connectivity index (χ3v) is 5.02. The third kappa shape index (κ3) is 5.13. The summed E-state index contributed by atoms with van der Waals surface area (Å²) in [7, 11) is 0. The Morgan fingerprint density at radius 2 is 1.88 bits per heavy atom. The summed E-state index contributed by atoms with van der Waals surface area (Å²) in [6.45, 7) is 6.58. The van der Waals surface area contributed by atoms with Gasteiger partial charge in [-0.25, -0.2) is 9.78 Å². The second-order valence-electron chi connectivity index (χ2n) is 6.31. The maximum absolute atomic E-state index is 12.1. The number of anilines is 2. The standard InChI is InChI=1S/C19H24N4OS/c1-14-9-15(2)11-17(10-14)22-19(24)21-13-16-3-4-20-18(12-16)23-5-7-25-8-6-23/h3-4,9-12H,5-8,13H2,1-2H3,(H2,21,22,24). The molecule has 1 fully saturated rings. The number of aromatic nitrogens is 1. The van der Waals surface area contributed by atoms with Gasteiger partial charge >= 0.3 is 6.03 Å². The zero-order valence-corrected chi connectivity index (χ0v) is 15.5. The van der Waals surface area contributed by atoms with Gasteiger partial charge in [0.15, 0.2) is 0 Å². The molecule has 0 saturated carbocycles. The molecule has 0 bridgehead atoms. The van der Waals surface area contributed by atoms with Gasteiger partial charge in [0.05, 0.1) is 0 Å². The normalized spacial score (nSPS) is 14.2. The van der Waals surface area contributed by atoms with Crippen LogP contribution in [-0.2, 0) is 6.54 Å².